The van der Waals surface area contributed by atoms with Crippen LogP contribution in [0.15, 0.2) is 23.1 Å². The van der Waals surface area contributed by atoms with E-state index in [1.54, 1.807) is 6.92 Å². The summed E-state index contributed by atoms with van der Waals surface area (Å²) in [6.45, 7) is 1.41. The number of rotatable bonds is 8. The normalized spacial score (nSPS) is 11.2. The molecule has 0 unspecified atom stereocenters. The summed E-state index contributed by atoms with van der Waals surface area (Å²) >= 11 is 0. The lowest BCUT2D eigenvalue weighted by Crippen LogP contribution is -2.30. The summed E-state index contributed by atoms with van der Waals surface area (Å²) in [7, 11) is -2.31. The number of aryl methyl sites for hydroxylation is 1. The molecule has 0 aliphatic rings. The van der Waals surface area contributed by atoms with Crippen LogP contribution in [-0.2, 0) is 19.6 Å². The van der Waals surface area contributed by atoms with Crippen LogP contribution in [0.2, 0.25) is 0 Å². The van der Waals surface area contributed by atoms with Crippen LogP contribution < -0.4 is 10.0 Å². The summed E-state index contributed by atoms with van der Waals surface area (Å²) in [5.74, 6) is -1.83. The molecule has 1 aromatic rings. The summed E-state index contributed by atoms with van der Waals surface area (Å²) in [6.07, 6.45) is 0. The number of amides is 1. The van der Waals surface area contributed by atoms with E-state index in [9.17, 15) is 18.0 Å². The fourth-order valence-corrected chi connectivity index (χ4v) is 2.66. The Bertz CT molecular complexity index is 656. The zero-order valence-electron chi connectivity index (χ0n) is 12.3. The summed E-state index contributed by atoms with van der Waals surface area (Å²) in [4.78, 5) is 22.3. The zero-order chi connectivity index (χ0) is 16.8. The molecule has 8 nitrogen and oxygen atoms in total. The van der Waals surface area contributed by atoms with Gasteiger partial charge >= 0.3 is 5.97 Å². The topological polar surface area (TPSA) is 122 Å². The van der Waals surface area contributed by atoms with Crippen molar-refractivity contribution in [1.82, 2.24) is 10.0 Å². The van der Waals surface area contributed by atoms with Crippen LogP contribution in [0.25, 0.3) is 0 Å². The summed E-state index contributed by atoms with van der Waals surface area (Å²) in [5, 5.41) is 10.7. The maximum absolute atomic E-state index is 12.1. The highest BCUT2D eigenvalue weighted by Crippen LogP contribution is 2.15. The van der Waals surface area contributed by atoms with Crippen molar-refractivity contribution >= 4 is 21.9 Å². The maximum atomic E-state index is 12.1. The molecule has 0 radical (unpaired) electrons. The standard InChI is InChI=1S/C13H18N2O6S/c1-9-3-4-10(22(19,20)15-5-6-21-2)7-11(9)13(18)14-8-12(16)17/h3-4,7,15H,5-6,8H2,1-2H3,(H,14,18)(H,16,17). The molecule has 3 N–H and O–H groups in total. The second-order valence-corrected chi connectivity index (χ2v) is 6.21. The minimum Gasteiger partial charge on any atom is -0.480 e. The first-order valence-electron chi connectivity index (χ1n) is 6.37. The number of ether oxygens (including phenoxy) is 1. The fraction of sp³-hybridized carbons (Fsp3) is 0.385. The van der Waals surface area contributed by atoms with Gasteiger partial charge in [0.1, 0.15) is 6.54 Å². The van der Waals surface area contributed by atoms with Gasteiger partial charge in [-0.05, 0) is 24.6 Å². The number of aliphatic carboxylic acids is 1. The van der Waals surface area contributed by atoms with E-state index in [0.717, 1.165) is 0 Å². The first-order valence-corrected chi connectivity index (χ1v) is 7.85. The second-order valence-electron chi connectivity index (χ2n) is 4.44. The molecule has 0 aromatic heterocycles. The first-order chi connectivity index (χ1) is 10.3. The smallest absolute Gasteiger partial charge is 0.322 e. The van der Waals surface area contributed by atoms with E-state index in [0.29, 0.717) is 5.56 Å². The lowest BCUT2D eigenvalue weighted by atomic mass is 10.1. The van der Waals surface area contributed by atoms with Gasteiger partial charge in [0, 0.05) is 19.2 Å². The summed E-state index contributed by atoms with van der Waals surface area (Å²) in [6, 6.07) is 4.07. The number of hydrogen-bond donors (Lipinski definition) is 3. The van der Waals surface area contributed by atoms with Gasteiger partial charge in [-0.1, -0.05) is 6.07 Å². The van der Waals surface area contributed by atoms with Crippen molar-refractivity contribution in [2.75, 3.05) is 26.8 Å². The lowest BCUT2D eigenvalue weighted by Gasteiger charge is -2.10. The van der Waals surface area contributed by atoms with Crippen molar-refractivity contribution < 1.29 is 27.9 Å². The largest absolute Gasteiger partial charge is 0.480 e. The number of methoxy groups -OCH3 is 1. The second kappa shape index (κ2) is 7.87. The van der Waals surface area contributed by atoms with Crippen molar-refractivity contribution in [2.45, 2.75) is 11.8 Å². The van der Waals surface area contributed by atoms with Crippen LogP contribution in [0.3, 0.4) is 0 Å². The molecule has 0 aliphatic carbocycles. The monoisotopic (exact) mass is 330 g/mol. The Labute approximate surface area is 128 Å². The molecule has 0 bridgehead atoms. The van der Waals surface area contributed by atoms with Crippen LogP contribution in [0.4, 0.5) is 0 Å². The number of carbonyl (C=O) groups is 2. The number of benzene rings is 1. The number of sulfonamides is 1. The van der Waals surface area contributed by atoms with Crippen LogP contribution in [0.1, 0.15) is 15.9 Å². The average Bonchev–Trinajstić information content (AvgIpc) is 2.45. The van der Waals surface area contributed by atoms with Crippen molar-refractivity contribution in [3.63, 3.8) is 0 Å². The van der Waals surface area contributed by atoms with Crippen LogP contribution in [0, 0.1) is 6.92 Å². The third-order valence-corrected chi connectivity index (χ3v) is 4.22. The third kappa shape index (κ3) is 5.10. The highest BCUT2D eigenvalue weighted by molar-refractivity contribution is 7.89. The Hall–Kier alpha value is -1.97. The van der Waals surface area contributed by atoms with Gasteiger partial charge in [0.2, 0.25) is 10.0 Å². The predicted octanol–water partition coefficient (Wildman–Crippen LogP) is -0.266. The van der Waals surface area contributed by atoms with Gasteiger partial charge in [0.25, 0.3) is 5.91 Å². The van der Waals surface area contributed by atoms with E-state index in [-0.39, 0.29) is 23.6 Å². The van der Waals surface area contributed by atoms with Gasteiger partial charge < -0.3 is 15.2 Å². The van der Waals surface area contributed by atoms with E-state index in [2.05, 4.69) is 10.0 Å². The van der Waals surface area contributed by atoms with Crippen molar-refractivity contribution in [1.29, 1.82) is 0 Å². The zero-order valence-corrected chi connectivity index (χ0v) is 13.1. The summed E-state index contributed by atoms with van der Waals surface area (Å²) in [5.41, 5.74) is 0.648. The number of nitrogens with one attached hydrogen (secondary N) is 2. The molecule has 122 valence electrons. The molecular weight excluding hydrogens is 312 g/mol. The van der Waals surface area contributed by atoms with Crippen LogP contribution >= 0.6 is 0 Å². The number of carboxylic acid groups (broad SMARTS) is 1. The highest BCUT2D eigenvalue weighted by Gasteiger charge is 2.18. The fourth-order valence-electron chi connectivity index (χ4n) is 1.63. The molecule has 0 saturated carbocycles. The Morgan fingerprint density at radius 1 is 1.32 bits per heavy atom. The molecule has 1 amide bonds. The molecular formula is C13H18N2O6S. The summed E-state index contributed by atoms with van der Waals surface area (Å²) < 4.78 is 31.2. The maximum Gasteiger partial charge on any atom is 0.322 e. The van der Waals surface area contributed by atoms with Crippen molar-refractivity contribution in [2.24, 2.45) is 0 Å². The van der Waals surface area contributed by atoms with Crippen molar-refractivity contribution in [3.8, 4) is 0 Å². The first kappa shape index (κ1) is 18.1. The molecule has 0 heterocycles. The van der Waals surface area contributed by atoms with E-state index >= 15 is 0 Å². The lowest BCUT2D eigenvalue weighted by molar-refractivity contribution is -0.135. The van der Waals surface area contributed by atoms with Gasteiger partial charge in [-0.15, -0.1) is 0 Å². The Morgan fingerprint density at radius 2 is 2.00 bits per heavy atom. The molecule has 22 heavy (non-hydrogen) atoms. The average molecular weight is 330 g/mol. The van der Waals surface area contributed by atoms with E-state index < -0.39 is 28.4 Å². The number of carboxylic acids is 1. The Morgan fingerprint density at radius 3 is 2.59 bits per heavy atom. The van der Waals surface area contributed by atoms with Crippen LogP contribution in [-0.4, -0.2) is 52.2 Å². The van der Waals surface area contributed by atoms with E-state index in [1.807, 2.05) is 0 Å². The van der Waals surface area contributed by atoms with Crippen molar-refractivity contribution in [3.05, 3.63) is 29.3 Å². The van der Waals surface area contributed by atoms with Gasteiger partial charge in [0.05, 0.1) is 11.5 Å². The van der Waals surface area contributed by atoms with Gasteiger partial charge in [-0.25, -0.2) is 13.1 Å². The molecule has 9 heteroatoms. The molecule has 0 saturated heterocycles. The SMILES string of the molecule is COCCNS(=O)(=O)c1ccc(C)c(C(=O)NCC(=O)O)c1. The molecule has 0 atom stereocenters. The molecule has 0 spiro atoms. The predicted molar refractivity (Wildman–Crippen MR) is 78.2 cm³/mol. The van der Waals surface area contributed by atoms with Crippen LogP contribution in [0.5, 0.6) is 0 Å². The minimum absolute atomic E-state index is 0.0744. The molecule has 1 aromatic carbocycles. The van der Waals surface area contributed by atoms with Gasteiger partial charge in [-0.3, -0.25) is 9.59 Å². The van der Waals surface area contributed by atoms with E-state index in [4.69, 9.17) is 9.84 Å². The third-order valence-electron chi connectivity index (χ3n) is 2.76. The quantitative estimate of drug-likeness (QED) is 0.564. The molecule has 0 fully saturated rings. The number of carbonyl (C=O) groups excluding carboxylic acids is 1. The Balaban J connectivity index is 2.98. The Kier molecular flexibility index (Phi) is 6.47. The number of hydrogen-bond acceptors (Lipinski definition) is 5. The molecule has 0 aliphatic heterocycles. The van der Waals surface area contributed by atoms with E-state index in [1.165, 1.54) is 25.3 Å². The van der Waals surface area contributed by atoms with Gasteiger partial charge in [0.15, 0.2) is 0 Å². The highest BCUT2D eigenvalue weighted by atomic mass is 32.2. The van der Waals surface area contributed by atoms with Gasteiger partial charge in [-0.2, -0.15) is 0 Å². The molecule has 1 rings (SSSR count). The minimum atomic E-state index is -3.76.